The first kappa shape index (κ1) is 51.6. The van der Waals surface area contributed by atoms with E-state index in [9.17, 15) is 15.0 Å². The molecule has 0 saturated heterocycles. The molecule has 0 aliphatic carbocycles. The van der Waals surface area contributed by atoms with Gasteiger partial charge in [-0.1, -0.05) is 230 Å². The molecule has 0 saturated carbocycles. The van der Waals surface area contributed by atoms with E-state index in [1.165, 1.54) is 199 Å². The van der Waals surface area contributed by atoms with Crippen molar-refractivity contribution >= 4 is 5.91 Å². The molecule has 0 fully saturated rings. The van der Waals surface area contributed by atoms with Crippen molar-refractivity contribution in [2.75, 3.05) is 6.61 Å². The summed E-state index contributed by atoms with van der Waals surface area (Å²) >= 11 is 0. The van der Waals surface area contributed by atoms with Crippen molar-refractivity contribution in [3.63, 3.8) is 0 Å². The number of aliphatic hydroxyl groups is 2. The van der Waals surface area contributed by atoms with Crippen LogP contribution in [0.15, 0.2) is 36.5 Å². The third kappa shape index (κ3) is 41.6. The summed E-state index contributed by atoms with van der Waals surface area (Å²) in [6.45, 7) is 4.26. The second-order valence-electron chi connectivity index (χ2n) is 16.2. The molecule has 312 valence electrons. The van der Waals surface area contributed by atoms with Crippen LogP contribution in [-0.4, -0.2) is 34.9 Å². The van der Waals surface area contributed by atoms with E-state index in [0.717, 1.165) is 32.1 Å². The van der Waals surface area contributed by atoms with Gasteiger partial charge >= 0.3 is 0 Å². The van der Waals surface area contributed by atoms with Crippen LogP contribution >= 0.6 is 0 Å². The maximum atomic E-state index is 12.3. The summed E-state index contributed by atoms with van der Waals surface area (Å²) in [5.41, 5.74) is 0. The molecule has 0 aromatic carbocycles. The van der Waals surface area contributed by atoms with Gasteiger partial charge in [-0.3, -0.25) is 4.79 Å². The Balaban J connectivity index is 3.38. The largest absolute Gasteiger partial charge is 0.394 e. The predicted molar refractivity (Wildman–Crippen MR) is 235 cm³/mol. The molecule has 0 aromatic heterocycles. The lowest BCUT2D eigenvalue weighted by molar-refractivity contribution is -0.123. The van der Waals surface area contributed by atoms with Crippen LogP contribution in [0.4, 0.5) is 0 Å². The number of amides is 1. The molecule has 0 heterocycles. The highest BCUT2D eigenvalue weighted by atomic mass is 16.3. The van der Waals surface area contributed by atoms with E-state index >= 15 is 0 Å². The first-order chi connectivity index (χ1) is 26.2. The highest BCUT2D eigenvalue weighted by Gasteiger charge is 2.17. The predicted octanol–water partition coefficient (Wildman–Crippen LogP) is 15.0. The second-order valence-corrected chi connectivity index (χ2v) is 16.2. The Labute approximate surface area is 331 Å². The Morgan fingerprint density at radius 3 is 1.13 bits per heavy atom. The molecule has 53 heavy (non-hydrogen) atoms. The van der Waals surface area contributed by atoms with Crippen molar-refractivity contribution in [3.05, 3.63) is 36.5 Å². The fourth-order valence-electron chi connectivity index (χ4n) is 7.21. The summed E-state index contributed by atoms with van der Waals surface area (Å²) in [7, 11) is 0. The molecule has 0 aliphatic heterocycles. The third-order valence-electron chi connectivity index (χ3n) is 10.9. The minimum atomic E-state index is -0.834. The molecule has 4 heteroatoms. The zero-order valence-corrected chi connectivity index (χ0v) is 35.8. The molecule has 0 radical (unpaired) electrons. The maximum Gasteiger partial charge on any atom is 0.220 e. The zero-order valence-electron chi connectivity index (χ0n) is 35.8. The minimum Gasteiger partial charge on any atom is -0.394 e. The van der Waals surface area contributed by atoms with E-state index in [2.05, 4.69) is 43.5 Å². The minimum absolute atomic E-state index is 0.0647. The van der Waals surface area contributed by atoms with Gasteiger partial charge in [0.1, 0.15) is 0 Å². The Bertz CT molecular complexity index is 806. The van der Waals surface area contributed by atoms with E-state index < -0.39 is 12.1 Å². The van der Waals surface area contributed by atoms with Crippen LogP contribution in [-0.2, 0) is 4.79 Å². The van der Waals surface area contributed by atoms with E-state index in [-0.39, 0.29) is 12.5 Å². The Morgan fingerprint density at radius 1 is 0.453 bits per heavy atom. The number of rotatable bonds is 43. The summed E-state index contributed by atoms with van der Waals surface area (Å²) < 4.78 is 0. The molecule has 1 amide bonds. The lowest BCUT2D eigenvalue weighted by Gasteiger charge is -2.20. The number of hydrogen-bond acceptors (Lipinski definition) is 3. The van der Waals surface area contributed by atoms with Crippen molar-refractivity contribution < 1.29 is 15.0 Å². The molecule has 0 aromatic rings. The number of aliphatic hydroxyl groups excluding tert-OH is 2. The molecule has 3 N–H and O–H groups in total. The summed E-state index contributed by atoms with van der Waals surface area (Å²) in [4.78, 5) is 12.3. The van der Waals surface area contributed by atoms with Gasteiger partial charge in [0.15, 0.2) is 0 Å². The number of nitrogens with one attached hydrogen (secondary N) is 1. The van der Waals surface area contributed by atoms with Crippen molar-refractivity contribution in [3.8, 4) is 0 Å². The van der Waals surface area contributed by atoms with Crippen molar-refractivity contribution in [2.45, 2.75) is 264 Å². The summed E-state index contributed by atoms with van der Waals surface area (Å²) in [6.07, 6.45) is 60.1. The quantitative estimate of drug-likeness (QED) is 0.0430. The normalized spacial score (nSPS) is 13.2. The third-order valence-corrected chi connectivity index (χ3v) is 10.9. The summed E-state index contributed by atoms with van der Waals surface area (Å²) in [5.74, 6) is -0.0647. The van der Waals surface area contributed by atoms with Gasteiger partial charge in [0, 0.05) is 6.42 Å². The van der Waals surface area contributed by atoms with Crippen LogP contribution in [0, 0.1) is 0 Å². The van der Waals surface area contributed by atoms with Gasteiger partial charge in [0.05, 0.1) is 18.8 Å². The topological polar surface area (TPSA) is 69.6 Å². The summed E-state index contributed by atoms with van der Waals surface area (Å²) in [5, 5.41) is 22.8. The lowest BCUT2D eigenvalue weighted by atomic mass is 10.0. The summed E-state index contributed by atoms with van der Waals surface area (Å²) in [6, 6.07) is -0.617. The van der Waals surface area contributed by atoms with Crippen molar-refractivity contribution in [2.24, 2.45) is 0 Å². The lowest BCUT2D eigenvalue weighted by Crippen LogP contribution is -2.45. The van der Waals surface area contributed by atoms with Gasteiger partial charge in [-0.25, -0.2) is 0 Å². The monoisotopic (exact) mass is 744 g/mol. The van der Waals surface area contributed by atoms with E-state index in [0.29, 0.717) is 6.42 Å². The van der Waals surface area contributed by atoms with Crippen LogP contribution in [0.25, 0.3) is 0 Å². The van der Waals surface area contributed by atoms with Gasteiger partial charge in [-0.15, -0.1) is 0 Å². The van der Waals surface area contributed by atoms with Crippen LogP contribution < -0.4 is 5.32 Å². The highest BCUT2D eigenvalue weighted by Crippen LogP contribution is 2.16. The molecule has 2 unspecified atom stereocenters. The average molecular weight is 744 g/mol. The SMILES string of the molecule is CCCCCCC/C=C\C/C=C\CCCCCCCCCCCCCCCCCCCCCCCC(=O)NC(CO)C(O)/C=C/CCCCCCCC. The molecule has 0 bridgehead atoms. The fraction of sp³-hybridized carbons (Fsp3) is 0.857. The molecular weight excluding hydrogens is 651 g/mol. The molecule has 0 rings (SSSR count). The molecule has 2 atom stereocenters. The van der Waals surface area contributed by atoms with Gasteiger partial charge in [-0.2, -0.15) is 0 Å². The number of carbonyl (C=O) groups excluding carboxylic acids is 1. The average Bonchev–Trinajstić information content (AvgIpc) is 3.16. The smallest absolute Gasteiger partial charge is 0.220 e. The Hall–Kier alpha value is -1.39. The van der Waals surface area contributed by atoms with Gasteiger partial charge < -0.3 is 15.5 Å². The highest BCUT2D eigenvalue weighted by molar-refractivity contribution is 5.76. The Morgan fingerprint density at radius 2 is 0.774 bits per heavy atom. The van der Waals surface area contributed by atoms with Crippen LogP contribution in [0.3, 0.4) is 0 Å². The molecule has 0 spiro atoms. The van der Waals surface area contributed by atoms with Crippen molar-refractivity contribution in [1.29, 1.82) is 0 Å². The second kappa shape index (κ2) is 45.0. The van der Waals surface area contributed by atoms with Crippen molar-refractivity contribution in [1.82, 2.24) is 5.32 Å². The standard InChI is InChI=1S/C49H93NO3/c1-3-5-7-9-11-13-14-15-16-17-18-19-20-21-22-23-24-25-26-27-28-29-30-31-32-33-34-35-36-37-39-41-43-45-49(53)50-47(46-51)48(52)44-42-40-38-12-10-8-6-4-2/h14-15,17-18,42,44,47-48,51-52H,3-13,16,19-41,43,45-46H2,1-2H3,(H,50,53)/b15-14-,18-17-,44-42+. The molecule has 0 aliphatic rings. The number of hydrogen-bond donors (Lipinski definition) is 3. The van der Waals surface area contributed by atoms with Gasteiger partial charge in [0.2, 0.25) is 5.91 Å². The van der Waals surface area contributed by atoms with Gasteiger partial charge in [0.25, 0.3) is 0 Å². The van der Waals surface area contributed by atoms with Crippen LogP contribution in [0.2, 0.25) is 0 Å². The van der Waals surface area contributed by atoms with E-state index in [1.54, 1.807) is 6.08 Å². The van der Waals surface area contributed by atoms with Crippen LogP contribution in [0.1, 0.15) is 251 Å². The van der Waals surface area contributed by atoms with Gasteiger partial charge in [-0.05, 0) is 51.4 Å². The fourth-order valence-corrected chi connectivity index (χ4v) is 7.21. The first-order valence-corrected chi connectivity index (χ1v) is 23.7. The van der Waals surface area contributed by atoms with E-state index in [4.69, 9.17) is 0 Å². The zero-order chi connectivity index (χ0) is 38.6. The number of unbranched alkanes of at least 4 members (excludes halogenated alkanes) is 32. The first-order valence-electron chi connectivity index (χ1n) is 23.7. The molecule has 4 nitrogen and oxygen atoms in total. The van der Waals surface area contributed by atoms with E-state index in [1.807, 2.05) is 6.08 Å². The van der Waals surface area contributed by atoms with Crippen LogP contribution in [0.5, 0.6) is 0 Å². The number of carbonyl (C=O) groups is 1. The molecular formula is C49H93NO3. The maximum absolute atomic E-state index is 12.3. The number of allylic oxidation sites excluding steroid dienone is 5. The Kier molecular flexibility index (Phi) is 43.8.